The van der Waals surface area contributed by atoms with Crippen molar-refractivity contribution in [3.05, 3.63) is 0 Å². The van der Waals surface area contributed by atoms with Crippen LogP contribution in [0.15, 0.2) is 0 Å². The molecular weight excluding hydrogens is 234 g/mol. The molecule has 116 valence electrons. The zero-order valence-electron chi connectivity index (χ0n) is 13.4. The van der Waals surface area contributed by atoms with E-state index in [0.717, 1.165) is 25.9 Å². The Balaban J connectivity index is 3.02. The Morgan fingerprint density at radius 3 is 1.84 bits per heavy atom. The number of nitrogens with one attached hydrogen (secondary N) is 1. The van der Waals surface area contributed by atoms with Crippen LogP contribution in [-0.4, -0.2) is 24.3 Å². The van der Waals surface area contributed by atoms with Gasteiger partial charge in [0.05, 0.1) is 6.10 Å². The fourth-order valence-corrected chi connectivity index (χ4v) is 2.37. The molecule has 0 aromatic rings. The third-order valence-electron chi connectivity index (χ3n) is 3.73. The maximum Gasteiger partial charge on any atom is 0.0664 e. The number of aliphatic hydroxyl groups is 1. The third kappa shape index (κ3) is 15.9. The van der Waals surface area contributed by atoms with Gasteiger partial charge in [-0.1, -0.05) is 78.1 Å². The molecule has 0 aliphatic carbocycles. The average molecular weight is 271 g/mol. The molecule has 0 aromatic heterocycles. The summed E-state index contributed by atoms with van der Waals surface area (Å²) in [7, 11) is 0. The smallest absolute Gasteiger partial charge is 0.0664 e. The molecule has 2 nitrogen and oxygen atoms in total. The molecular formula is C17H37NO. The lowest BCUT2D eigenvalue weighted by atomic mass is 10.1. The van der Waals surface area contributed by atoms with Gasteiger partial charge in [0, 0.05) is 6.54 Å². The summed E-state index contributed by atoms with van der Waals surface area (Å²) in [6, 6.07) is 0. The van der Waals surface area contributed by atoms with E-state index in [1.54, 1.807) is 0 Å². The molecule has 0 aliphatic rings. The highest BCUT2D eigenvalue weighted by molar-refractivity contribution is 4.59. The predicted molar refractivity (Wildman–Crippen MR) is 85.6 cm³/mol. The highest BCUT2D eigenvalue weighted by Gasteiger charge is 2.01. The summed E-state index contributed by atoms with van der Waals surface area (Å²) in [5, 5.41) is 13.0. The van der Waals surface area contributed by atoms with Crippen molar-refractivity contribution in [2.45, 2.75) is 97.0 Å². The largest absolute Gasteiger partial charge is 0.392 e. The summed E-state index contributed by atoms with van der Waals surface area (Å²) in [5.41, 5.74) is 0. The number of hydrogen-bond acceptors (Lipinski definition) is 2. The van der Waals surface area contributed by atoms with Crippen molar-refractivity contribution < 1.29 is 5.11 Å². The van der Waals surface area contributed by atoms with Crippen LogP contribution >= 0.6 is 0 Å². The van der Waals surface area contributed by atoms with Crippen molar-refractivity contribution in [2.24, 2.45) is 0 Å². The van der Waals surface area contributed by atoms with E-state index in [1.165, 1.54) is 64.2 Å². The fraction of sp³-hybridized carbons (Fsp3) is 1.00. The number of rotatable bonds is 15. The molecule has 0 rings (SSSR count). The van der Waals surface area contributed by atoms with Gasteiger partial charge in [0.25, 0.3) is 0 Å². The Morgan fingerprint density at radius 1 is 0.737 bits per heavy atom. The standard InChI is InChI=1S/C17H37NO/c1-3-5-7-8-9-10-11-12-13-15-18-16-17(19)14-6-4-2/h17-19H,3-16H2,1-2H3. The van der Waals surface area contributed by atoms with Gasteiger partial charge < -0.3 is 10.4 Å². The molecule has 1 unspecified atom stereocenters. The van der Waals surface area contributed by atoms with Gasteiger partial charge in [0.15, 0.2) is 0 Å². The van der Waals surface area contributed by atoms with Gasteiger partial charge in [-0.25, -0.2) is 0 Å². The van der Waals surface area contributed by atoms with Gasteiger partial charge in [0.1, 0.15) is 0 Å². The quantitative estimate of drug-likeness (QED) is 0.425. The van der Waals surface area contributed by atoms with Gasteiger partial charge in [-0.2, -0.15) is 0 Å². The molecule has 0 saturated carbocycles. The average Bonchev–Trinajstić information content (AvgIpc) is 2.42. The topological polar surface area (TPSA) is 32.3 Å². The zero-order valence-corrected chi connectivity index (χ0v) is 13.4. The summed E-state index contributed by atoms with van der Waals surface area (Å²) >= 11 is 0. The monoisotopic (exact) mass is 271 g/mol. The van der Waals surface area contributed by atoms with Gasteiger partial charge in [-0.05, 0) is 19.4 Å². The van der Waals surface area contributed by atoms with Crippen LogP contribution in [0, 0.1) is 0 Å². The molecule has 0 amide bonds. The zero-order chi connectivity index (χ0) is 14.2. The lowest BCUT2D eigenvalue weighted by molar-refractivity contribution is 0.158. The van der Waals surface area contributed by atoms with Crippen LogP contribution in [0.5, 0.6) is 0 Å². The number of aliphatic hydroxyl groups excluding tert-OH is 1. The van der Waals surface area contributed by atoms with Crippen LogP contribution in [0.25, 0.3) is 0 Å². The minimum Gasteiger partial charge on any atom is -0.392 e. The van der Waals surface area contributed by atoms with E-state index >= 15 is 0 Å². The second-order valence-corrected chi connectivity index (χ2v) is 5.83. The first-order valence-corrected chi connectivity index (χ1v) is 8.70. The van der Waals surface area contributed by atoms with Crippen LogP contribution in [0.4, 0.5) is 0 Å². The molecule has 0 heterocycles. The Bertz CT molecular complexity index is 161. The second kappa shape index (κ2) is 16.0. The fourth-order valence-electron chi connectivity index (χ4n) is 2.37. The van der Waals surface area contributed by atoms with E-state index < -0.39 is 0 Å². The van der Waals surface area contributed by atoms with Crippen molar-refractivity contribution in [1.82, 2.24) is 5.32 Å². The first-order chi connectivity index (χ1) is 9.31. The Hall–Kier alpha value is -0.0800. The molecule has 0 fully saturated rings. The van der Waals surface area contributed by atoms with Crippen LogP contribution in [-0.2, 0) is 0 Å². The van der Waals surface area contributed by atoms with Gasteiger partial charge in [-0.3, -0.25) is 0 Å². The molecule has 0 radical (unpaired) electrons. The van der Waals surface area contributed by atoms with Crippen molar-refractivity contribution in [2.75, 3.05) is 13.1 Å². The van der Waals surface area contributed by atoms with Crippen molar-refractivity contribution >= 4 is 0 Å². The Labute approximate surface area is 121 Å². The summed E-state index contributed by atoms with van der Waals surface area (Å²) < 4.78 is 0. The Kier molecular flexibility index (Phi) is 15.9. The summed E-state index contributed by atoms with van der Waals surface area (Å²) in [4.78, 5) is 0. The van der Waals surface area contributed by atoms with Gasteiger partial charge in [0.2, 0.25) is 0 Å². The first-order valence-electron chi connectivity index (χ1n) is 8.70. The second-order valence-electron chi connectivity index (χ2n) is 5.83. The van der Waals surface area contributed by atoms with Crippen molar-refractivity contribution in [3.63, 3.8) is 0 Å². The molecule has 19 heavy (non-hydrogen) atoms. The van der Waals surface area contributed by atoms with Gasteiger partial charge >= 0.3 is 0 Å². The molecule has 0 aliphatic heterocycles. The summed E-state index contributed by atoms with van der Waals surface area (Å²) in [5.74, 6) is 0. The molecule has 2 N–H and O–H groups in total. The molecule has 0 aromatic carbocycles. The van der Waals surface area contributed by atoms with Crippen LogP contribution in [0.1, 0.15) is 90.9 Å². The summed E-state index contributed by atoms with van der Waals surface area (Å²) in [6.45, 7) is 6.28. The molecule has 1 atom stereocenters. The normalized spacial score (nSPS) is 12.8. The maximum absolute atomic E-state index is 9.66. The van der Waals surface area contributed by atoms with Crippen LogP contribution in [0.2, 0.25) is 0 Å². The van der Waals surface area contributed by atoms with E-state index in [1.807, 2.05) is 0 Å². The van der Waals surface area contributed by atoms with E-state index in [-0.39, 0.29) is 6.10 Å². The van der Waals surface area contributed by atoms with Crippen LogP contribution < -0.4 is 5.32 Å². The van der Waals surface area contributed by atoms with Crippen LogP contribution in [0.3, 0.4) is 0 Å². The van der Waals surface area contributed by atoms with E-state index in [0.29, 0.717) is 0 Å². The molecule has 0 saturated heterocycles. The van der Waals surface area contributed by atoms with E-state index in [4.69, 9.17) is 0 Å². The molecule has 2 heteroatoms. The maximum atomic E-state index is 9.66. The van der Waals surface area contributed by atoms with E-state index in [2.05, 4.69) is 19.2 Å². The van der Waals surface area contributed by atoms with E-state index in [9.17, 15) is 5.11 Å². The SMILES string of the molecule is CCCCCCCCCCCNCC(O)CCCC. The van der Waals surface area contributed by atoms with Crippen molar-refractivity contribution in [1.29, 1.82) is 0 Å². The minimum atomic E-state index is -0.140. The minimum absolute atomic E-state index is 0.140. The third-order valence-corrected chi connectivity index (χ3v) is 3.73. The highest BCUT2D eigenvalue weighted by atomic mass is 16.3. The summed E-state index contributed by atoms with van der Waals surface area (Å²) in [6.07, 6.45) is 15.5. The lowest BCUT2D eigenvalue weighted by Crippen LogP contribution is -2.27. The highest BCUT2D eigenvalue weighted by Crippen LogP contribution is 2.09. The number of hydrogen-bond donors (Lipinski definition) is 2. The first kappa shape index (κ1) is 18.9. The molecule has 0 spiro atoms. The predicted octanol–water partition coefficient (Wildman–Crippen LogP) is 4.66. The Morgan fingerprint density at radius 2 is 1.26 bits per heavy atom. The van der Waals surface area contributed by atoms with Crippen molar-refractivity contribution in [3.8, 4) is 0 Å². The number of unbranched alkanes of at least 4 members (excludes halogenated alkanes) is 9. The molecule has 0 bridgehead atoms. The van der Waals surface area contributed by atoms with Gasteiger partial charge in [-0.15, -0.1) is 0 Å². The lowest BCUT2D eigenvalue weighted by Gasteiger charge is -2.11.